The monoisotopic (exact) mass is 190 g/mol. The maximum Gasteiger partial charge on any atom is 0.0629 e. The third-order valence-corrected chi connectivity index (χ3v) is 3.34. The zero-order valence-electron chi connectivity index (χ0n) is 7.82. The van der Waals surface area contributed by atoms with Crippen LogP contribution in [0, 0.1) is 0 Å². The third kappa shape index (κ3) is 2.62. The van der Waals surface area contributed by atoms with Gasteiger partial charge < -0.3 is 15.4 Å². The quantitative estimate of drug-likeness (QED) is 0.680. The van der Waals surface area contributed by atoms with Gasteiger partial charge in [0.25, 0.3) is 0 Å². The van der Waals surface area contributed by atoms with Crippen LogP contribution in [0.5, 0.6) is 0 Å². The fraction of sp³-hybridized carbons (Fsp3) is 1.00. The lowest BCUT2D eigenvalue weighted by molar-refractivity contribution is 0.134. The van der Waals surface area contributed by atoms with Crippen molar-refractivity contribution in [2.24, 2.45) is 5.73 Å². The van der Waals surface area contributed by atoms with Crippen molar-refractivity contribution in [1.82, 2.24) is 4.90 Å². The first-order valence-corrected chi connectivity index (χ1v) is 5.43. The molecular formula is C8H18N2OS. The highest BCUT2D eigenvalue weighted by Gasteiger charge is 2.24. The Morgan fingerprint density at radius 2 is 2.50 bits per heavy atom. The molecule has 12 heavy (non-hydrogen) atoms. The molecule has 2 N–H and O–H groups in total. The predicted molar refractivity (Wildman–Crippen MR) is 53.6 cm³/mol. The summed E-state index contributed by atoms with van der Waals surface area (Å²) < 4.78 is 5.04. The van der Waals surface area contributed by atoms with E-state index in [0.717, 1.165) is 12.3 Å². The number of likely N-dealkylation sites (N-methyl/N-ethyl adjacent to an activating group) is 1. The van der Waals surface area contributed by atoms with Gasteiger partial charge in [-0.1, -0.05) is 0 Å². The van der Waals surface area contributed by atoms with Crippen LogP contribution in [0.4, 0.5) is 0 Å². The summed E-state index contributed by atoms with van der Waals surface area (Å²) in [5.41, 5.74) is 5.97. The van der Waals surface area contributed by atoms with Gasteiger partial charge in [0.05, 0.1) is 6.61 Å². The zero-order chi connectivity index (χ0) is 8.97. The van der Waals surface area contributed by atoms with Crippen LogP contribution >= 0.6 is 11.8 Å². The van der Waals surface area contributed by atoms with Gasteiger partial charge in [-0.05, 0) is 7.05 Å². The van der Waals surface area contributed by atoms with Crippen molar-refractivity contribution in [2.45, 2.75) is 12.1 Å². The van der Waals surface area contributed by atoms with Gasteiger partial charge >= 0.3 is 0 Å². The second kappa shape index (κ2) is 5.07. The van der Waals surface area contributed by atoms with E-state index in [-0.39, 0.29) is 6.04 Å². The van der Waals surface area contributed by atoms with E-state index < -0.39 is 0 Å². The van der Waals surface area contributed by atoms with E-state index in [2.05, 4.69) is 11.9 Å². The Bertz CT molecular complexity index is 134. The maximum absolute atomic E-state index is 5.97. The third-order valence-electron chi connectivity index (χ3n) is 2.30. The van der Waals surface area contributed by atoms with Gasteiger partial charge in [0, 0.05) is 37.2 Å². The number of methoxy groups -OCH3 is 1. The molecule has 0 aromatic carbocycles. The lowest BCUT2D eigenvalue weighted by atomic mass is 10.1. The van der Waals surface area contributed by atoms with Crippen LogP contribution in [0.1, 0.15) is 0 Å². The van der Waals surface area contributed by atoms with Crippen molar-refractivity contribution in [1.29, 1.82) is 0 Å². The summed E-state index contributed by atoms with van der Waals surface area (Å²) in [6.07, 6.45) is 0. The second-order valence-electron chi connectivity index (χ2n) is 3.24. The van der Waals surface area contributed by atoms with E-state index >= 15 is 0 Å². The number of ether oxygens (including phenoxy) is 1. The SMILES string of the molecule is COCC(N)C1CSCCN1C. The molecule has 2 atom stereocenters. The van der Waals surface area contributed by atoms with Crippen molar-refractivity contribution in [3.05, 3.63) is 0 Å². The molecule has 72 valence electrons. The fourth-order valence-corrected chi connectivity index (χ4v) is 2.79. The summed E-state index contributed by atoms with van der Waals surface area (Å²) in [6.45, 7) is 1.81. The molecule has 1 saturated heterocycles. The predicted octanol–water partition coefficient (Wildman–Crippen LogP) is 0.00730. The van der Waals surface area contributed by atoms with Crippen molar-refractivity contribution in [3.63, 3.8) is 0 Å². The molecule has 0 aliphatic carbocycles. The summed E-state index contributed by atoms with van der Waals surface area (Å²) >= 11 is 1.98. The van der Waals surface area contributed by atoms with Gasteiger partial charge in [0.2, 0.25) is 0 Å². The number of nitrogens with zero attached hydrogens (tertiary/aromatic N) is 1. The van der Waals surface area contributed by atoms with Crippen LogP contribution in [-0.4, -0.2) is 55.8 Å². The van der Waals surface area contributed by atoms with Crippen LogP contribution in [0.25, 0.3) is 0 Å². The average molecular weight is 190 g/mol. The maximum atomic E-state index is 5.97. The summed E-state index contributed by atoms with van der Waals surface area (Å²) in [4.78, 5) is 2.33. The zero-order valence-corrected chi connectivity index (χ0v) is 8.64. The van der Waals surface area contributed by atoms with Crippen molar-refractivity contribution in [2.75, 3.05) is 38.8 Å². The number of nitrogens with two attached hydrogens (primary N) is 1. The van der Waals surface area contributed by atoms with Crippen LogP contribution < -0.4 is 5.73 Å². The number of thioether (sulfide) groups is 1. The highest BCUT2D eigenvalue weighted by atomic mass is 32.2. The average Bonchev–Trinajstić information content (AvgIpc) is 2.05. The topological polar surface area (TPSA) is 38.5 Å². The van der Waals surface area contributed by atoms with Crippen molar-refractivity contribution >= 4 is 11.8 Å². The number of hydrogen-bond acceptors (Lipinski definition) is 4. The fourth-order valence-electron chi connectivity index (χ4n) is 1.46. The van der Waals surface area contributed by atoms with Crippen LogP contribution in [0.3, 0.4) is 0 Å². The first kappa shape index (κ1) is 10.3. The smallest absolute Gasteiger partial charge is 0.0629 e. The highest BCUT2D eigenvalue weighted by Crippen LogP contribution is 2.16. The molecule has 4 heteroatoms. The van der Waals surface area contributed by atoms with E-state index in [0.29, 0.717) is 12.6 Å². The molecule has 0 bridgehead atoms. The molecule has 0 aromatic heterocycles. The largest absolute Gasteiger partial charge is 0.383 e. The van der Waals surface area contributed by atoms with E-state index in [9.17, 15) is 0 Å². The number of rotatable bonds is 3. The minimum absolute atomic E-state index is 0.160. The minimum atomic E-state index is 0.160. The van der Waals surface area contributed by atoms with Gasteiger partial charge in [-0.3, -0.25) is 0 Å². The van der Waals surface area contributed by atoms with Gasteiger partial charge in [0.1, 0.15) is 0 Å². The molecular weight excluding hydrogens is 172 g/mol. The molecule has 1 aliphatic heterocycles. The molecule has 0 saturated carbocycles. The molecule has 0 spiro atoms. The Hall–Kier alpha value is 0.230. The lowest BCUT2D eigenvalue weighted by Crippen LogP contribution is -2.52. The van der Waals surface area contributed by atoms with Gasteiger partial charge in [-0.15, -0.1) is 0 Å². The van der Waals surface area contributed by atoms with E-state index in [1.165, 1.54) is 5.75 Å². The molecule has 2 unspecified atom stereocenters. The molecule has 1 heterocycles. The van der Waals surface area contributed by atoms with Crippen LogP contribution in [0.2, 0.25) is 0 Å². The number of hydrogen-bond donors (Lipinski definition) is 1. The Morgan fingerprint density at radius 1 is 1.75 bits per heavy atom. The molecule has 0 aromatic rings. The Labute approximate surface area is 78.6 Å². The normalized spacial score (nSPS) is 28.8. The Morgan fingerprint density at radius 3 is 3.08 bits per heavy atom. The van der Waals surface area contributed by atoms with Crippen molar-refractivity contribution < 1.29 is 4.74 Å². The summed E-state index contributed by atoms with van der Waals surface area (Å²) in [5, 5.41) is 0. The molecule has 3 nitrogen and oxygen atoms in total. The molecule has 0 amide bonds. The second-order valence-corrected chi connectivity index (χ2v) is 4.39. The lowest BCUT2D eigenvalue weighted by Gasteiger charge is -2.35. The molecule has 1 fully saturated rings. The molecule has 0 radical (unpaired) electrons. The Kier molecular flexibility index (Phi) is 4.35. The van der Waals surface area contributed by atoms with Gasteiger partial charge in [-0.25, -0.2) is 0 Å². The first-order chi connectivity index (χ1) is 5.75. The van der Waals surface area contributed by atoms with E-state index in [1.807, 2.05) is 11.8 Å². The van der Waals surface area contributed by atoms with Crippen LogP contribution in [0.15, 0.2) is 0 Å². The summed E-state index contributed by atoms with van der Waals surface area (Å²) in [5.74, 6) is 2.37. The summed E-state index contributed by atoms with van der Waals surface area (Å²) in [7, 11) is 3.84. The Balaban J connectivity index is 2.36. The standard InChI is InChI=1S/C8H18N2OS/c1-10-3-4-12-6-8(10)7(9)5-11-2/h7-8H,3-6,9H2,1-2H3. The molecule has 1 aliphatic rings. The summed E-state index contributed by atoms with van der Waals surface area (Å²) in [6, 6.07) is 0.650. The minimum Gasteiger partial charge on any atom is -0.383 e. The first-order valence-electron chi connectivity index (χ1n) is 4.28. The van der Waals surface area contributed by atoms with E-state index in [1.54, 1.807) is 7.11 Å². The van der Waals surface area contributed by atoms with Crippen molar-refractivity contribution in [3.8, 4) is 0 Å². The molecule has 1 rings (SSSR count). The van der Waals surface area contributed by atoms with Crippen LogP contribution in [-0.2, 0) is 4.74 Å². The van der Waals surface area contributed by atoms with Gasteiger partial charge in [-0.2, -0.15) is 11.8 Å². The van der Waals surface area contributed by atoms with Gasteiger partial charge in [0.15, 0.2) is 0 Å². The highest BCUT2D eigenvalue weighted by molar-refractivity contribution is 7.99. The van der Waals surface area contributed by atoms with E-state index in [4.69, 9.17) is 10.5 Å².